The highest BCUT2D eigenvalue weighted by Crippen LogP contribution is 2.24. The number of morpholine rings is 1. The monoisotopic (exact) mass is 235 g/mol. The molecule has 2 N–H and O–H groups in total. The van der Waals surface area contributed by atoms with Crippen LogP contribution in [-0.4, -0.2) is 30.8 Å². The molecule has 0 spiro atoms. The van der Waals surface area contributed by atoms with E-state index in [1.807, 2.05) is 19.2 Å². The third-order valence-corrected chi connectivity index (χ3v) is 3.20. The van der Waals surface area contributed by atoms with Crippen LogP contribution in [0, 0.1) is 0 Å². The highest BCUT2D eigenvalue weighted by Gasteiger charge is 2.22. The molecule has 2 atom stereocenters. The minimum atomic E-state index is 0.0154. The fourth-order valence-corrected chi connectivity index (χ4v) is 2.19. The van der Waals surface area contributed by atoms with Crippen molar-refractivity contribution in [2.45, 2.75) is 32.4 Å². The third kappa shape index (κ3) is 2.76. The van der Waals surface area contributed by atoms with Crippen LogP contribution in [0.25, 0.3) is 0 Å². The van der Waals surface area contributed by atoms with Gasteiger partial charge in [-0.1, -0.05) is 13.0 Å². The molecule has 0 bridgehead atoms. The number of nitrogens with zero attached hydrogens (tertiary/aromatic N) is 2. The lowest BCUT2D eigenvalue weighted by Gasteiger charge is -2.34. The maximum atomic E-state index is 5.99. The summed E-state index contributed by atoms with van der Waals surface area (Å²) in [6, 6.07) is 4.02. The van der Waals surface area contributed by atoms with Gasteiger partial charge in [0.15, 0.2) is 0 Å². The van der Waals surface area contributed by atoms with Crippen LogP contribution in [0.1, 0.15) is 31.9 Å². The molecular formula is C13H21N3O. The van der Waals surface area contributed by atoms with Crippen molar-refractivity contribution < 1.29 is 4.74 Å². The molecule has 17 heavy (non-hydrogen) atoms. The second kappa shape index (κ2) is 5.47. The molecule has 4 heteroatoms. The van der Waals surface area contributed by atoms with Gasteiger partial charge in [-0.3, -0.25) is 0 Å². The summed E-state index contributed by atoms with van der Waals surface area (Å²) in [5.74, 6) is 1.02. The van der Waals surface area contributed by atoms with E-state index < -0.39 is 0 Å². The molecule has 2 unspecified atom stereocenters. The highest BCUT2D eigenvalue weighted by atomic mass is 16.5. The zero-order valence-corrected chi connectivity index (χ0v) is 10.6. The standard InChI is InChI=1S/C13H21N3O/c1-3-11-9-16(7-8-17-11)13-12(10(2)14)5-4-6-15-13/h4-6,10-11H,3,7-9,14H2,1-2H3. The van der Waals surface area contributed by atoms with E-state index in [4.69, 9.17) is 10.5 Å². The van der Waals surface area contributed by atoms with Gasteiger partial charge in [0.1, 0.15) is 5.82 Å². The number of ether oxygens (including phenoxy) is 1. The molecule has 1 aliphatic rings. The second-order valence-corrected chi connectivity index (χ2v) is 4.55. The summed E-state index contributed by atoms with van der Waals surface area (Å²) in [5.41, 5.74) is 7.11. The van der Waals surface area contributed by atoms with Gasteiger partial charge in [-0.2, -0.15) is 0 Å². The topological polar surface area (TPSA) is 51.4 Å². The molecule has 1 saturated heterocycles. The van der Waals surface area contributed by atoms with Gasteiger partial charge in [-0.05, 0) is 19.4 Å². The Hall–Kier alpha value is -1.13. The van der Waals surface area contributed by atoms with Crippen LogP contribution in [-0.2, 0) is 4.74 Å². The molecule has 1 aliphatic heterocycles. The summed E-state index contributed by atoms with van der Waals surface area (Å²) in [6.07, 6.45) is 3.18. The van der Waals surface area contributed by atoms with Crippen LogP contribution < -0.4 is 10.6 Å². The molecule has 94 valence electrons. The first-order valence-corrected chi connectivity index (χ1v) is 6.29. The van der Waals surface area contributed by atoms with Crippen molar-refractivity contribution in [1.29, 1.82) is 0 Å². The van der Waals surface area contributed by atoms with E-state index in [-0.39, 0.29) is 6.04 Å². The predicted molar refractivity (Wildman–Crippen MR) is 69.1 cm³/mol. The number of hydrogen-bond acceptors (Lipinski definition) is 4. The number of nitrogens with two attached hydrogens (primary N) is 1. The molecule has 0 aromatic carbocycles. The molecule has 1 aromatic heterocycles. The predicted octanol–water partition coefficient (Wildman–Crippen LogP) is 1.72. The molecule has 2 rings (SSSR count). The SMILES string of the molecule is CCC1CN(c2ncccc2C(C)N)CCO1. The Balaban J connectivity index is 2.21. The Bertz CT molecular complexity index is 367. The smallest absolute Gasteiger partial charge is 0.133 e. The average Bonchev–Trinajstić information content (AvgIpc) is 2.39. The minimum absolute atomic E-state index is 0.0154. The molecule has 0 amide bonds. The molecule has 0 radical (unpaired) electrons. The van der Waals surface area contributed by atoms with Crippen LogP contribution in [0.2, 0.25) is 0 Å². The minimum Gasteiger partial charge on any atom is -0.375 e. The lowest BCUT2D eigenvalue weighted by atomic mass is 10.1. The van der Waals surface area contributed by atoms with E-state index in [0.29, 0.717) is 6.10 Å². The van der Waals surface area contributed by atoms with E-state index in [2.05, 4.69) is 22.9 Å². The van der Waals surface area contributed by atoms with E-state index in [0.717, 1.165) is 37.5 Å². The molecule has 0 aliphatic carbocycles. The molecule has 0 saturated carbocycles. The summed E-state index contributed by atoms with van der Waals surface area (Å²) >= 11 is 0. The van der Waals surface area contributed by atoms with Crippen LogP contribution in [0.5, 0.6) is 0 Å². The lowest BCUT2D eigenvalue weighted by Crippen LogP contribution is -2.43. The van der Waals surface area contributed by atoms with E-state index >= 15 is 0 Å². The summed E-state index contributed by atoms with van der Waals surface area (Å²) in [6.45, 7) is 6.73. The Morgan fingerprint density at radius 3 is 3.18 bits per heavy atom. The Morgan fingerprint density at radius 1 is 1.65 bits per heavy atom. The molecule has 1 fully saturated rings. The van der Waals surface area contributed by atoms with Crippen molar-refractivity contribution in [2.75, 3.05) is 24.6 Å². The maximum absolute atomic E-state index is 5.99. The third-order valence-electron chi connectivity index (χ3n) is 3.20. The van der Waals surface area contributed by atoms with Gasteiger partial charge in [-0.15, -0.1) is 0 Å². The van der Waals surface area contributed by atoms with E-state index in [1.54, 1.807) is 0 Å². The summed E-state index contributed by atoms with van der Waals surface area (Å²) < 4.78 is 5.68. The largest absolute Gasteiger partial charge is 0.375 e. The number of rotatable bonds is 3. The van der Waals surface area contributed by atoms with Crippen molar-refractivity contribution in [2.24, 2.45) is 5.73 Å². The fraction of sp³-hybridized carbons (Fsp3) is 0.615. The van der Waals surface area contributed by atoms with E-state index in [9.17, 15) is 0 Å². The summed E-state index contributed by atoms with van der Waals surface area (Å²) in [4.78, 5) is 6.77. The Kier molecular flexibility index (Phi) is 3.97. The number of hydrogen-bond donors (Lipinski definition) is 1. The lowest BCUT2D eigenvalue weighted by molar-refractivity contribution is 0.0381. The molecule has 4 nitrogen and oxygen atoms in total. The molecular weight excluding hydrogens is 214 g/mol. The molecule has 1 aromatic rings. The van der Waals surface area contributed by atoms with Crippen LogP contribution >= 0.6 is 0 Å². The van der Waals surface area contributed by atoms with Gasteiger partial charge in [0.05, 0.1) is 12.7 Å². The quantitative estimate of drug-likeness (QED) is 0.866. The van der Waals surface area contributed by atoms with Crippen molar-refractivity contribution in [3.05, 3.63) is 23.9 Å². The van der Waals surface area contributed by atoms with Gasteiger partial charge in [-0.25, -0.2) is 4.98 Å². The van der Waals surface area contributed by atoms with Crippen LogP contribution in [0.4, 0.5) is 5.82 Å². The molecule has 2 heterocycles. The fourth-order valence-electron chi connectivity index (χ4n) is 2.19. The second-order valence-electron chi connectivity index (χ2n) is 4.55. The van der Waals surface area contributed by atoms with Gasteiger partial charge >= 0.3 is 0 Å². The first-order valence-electron chi connectivity index (χ1n) is 6.29. The van der Waals surface area contributed by atoms with Crippen LogP contribution in [0.3, 0.4) is 0 Å². The van der Waals surface area contributed by atoms with Crippen LogP contribution in [0.15, 0.2) is 18.3 Å². The Morgan fingerprint density at radius 2 is 2.47 bits per heavy atom. The first kappa shape index (κ1) is 12.3. The number of anilines is 1. The Labute approximate surface area is 103 Å². The van der Waals surface area contributed by atoms with Crippen molar-refractivity contribution in [1.82, 2.24) is 4.98 Å². The van der Waals surface area contributed by atoms with Gasteiger partial charge in [0, 0.05) is 30.9 Å². The average molecular weight is 235 g/mol. The van der Waals surface area contributed by atoms with Gasteiger partial charge in [0.25, 0.3) is 0 Å². The normalized spacial score (nSPS) is 22.5. The first-order chi connectivity index (χ1) is 8.22. The van der Waals surface area contributed by atoms with Crippen molar-refractivity contribution in [3.63, 3.8) is 0 Å². The van der Waals surface area contributed by atoms with Crippen molar-refractivity contribution >= 4 is 5.82 Å². The highest BCUT2D eigenvalue weighted by molar-refractivity contribution is 5.48. The van der Waals surface area contributed by atoms with Gasteiger partial charge < -0.3 is 15.4 Å². The number of pyridine rings is 1. The summed E-state index contributed by atoms with van der Waals surface area (Å²) in [7, 11) is 0. The summed E-state index contributed by atoms with van der Waals surface area (Å²) in [5, 5.41) is 0. The zero-order valence-electron chi connectivity index (χ0n) is 10.6. The van der Waals surface area contributed by atoms with Crippen molar-refractivity contribution in [3.8, 4) is 0 Å². The maximum Gasteiger partial charge on any atom is 0.133 e. The number of aromatic nitrogens is 1. The zero-order chi connectivity index (χ0) is 12.3. The van der Waals surface area contributed by atoms with Gasteiger partial charge in [0.2, 0.25) is 0 Å². The van der Waals surface area contributed by atoms with E-state index in [1.165, 1.54) is 0 Å².